The van der Waals surface area contributed by atoms with Crippen molar-refractivity contribution in [1.82, 2.24) is 0 Å². The van der Waals surface area contributed by atoms with Gasteiger partial charge in [0.05, 0.1) is 13.7 Å². The van der Waals surface area contributed by atoms with Crippen LogP contribution in [0.5, 0.6) is 17.2 Å². The van der Waals surface area contributed by atoms with Crippen LogP contribution >= 0.6 is 0 Å². The molecule has 0 aromatic heterocycles. The molecule has 1 amide bonds. The summed E-state index contributed by atoms with van der Waals surface area (Å²) >= 11 is 0. The standard InChI is InChI=1S/C19H22N2O4/c1-4-9-25-16-7-5-14(18(23)11-16)12-20-17-10-15(21-13(2)22)6-8-19(17)24-3/h5-8,10-12,23H,4,9H2,1-3H3,(H,21,22). The lowest BCUT2D eigenvalue weighted by Crippen LogP contribution is -2.05. The van der Waals surface area contributed by atoms with Gasteiger partial charge in [-0.1, -0.05) is 6.92 Å². The normalized spacial score (nSPS) is 10.7. The van der Waals surface area contributed by atoms with E-state index < -0.39 is 0 Å². The number of phenolic OH excluding ortho intramolecular Hbond substituents is 1. The first-order chi connectivity index (χ1) is 12.0. The molecule has 2 aromatic rings. The number of amides is 1. The molecule has 0 fully saturated rings. The summed E-state index contributed by atoms with van der Waals surface area (Å²) in [4.78, 5) is 15.5. The van der Waals surface area contributed by atoms with Gasteiger partial charge in [-0.3, -0.25) is 9.79 Å². The summed E-state index contributed by atoms with van der Waals surface area (Å²) in [5, 5.41) is 12.8. The van der Waals surface area contributed by atoms with Crippen molar-refractivity contribution < 1.29 is 19.4 Å². The average Bonchev–Trinajstić information content (AvgIpc) is 2.58. The fraction of sp³-hybridized carbons (Fsp3) is 0.263. The van der Waals surface area contributed by atoms with Crippen molar-refractivity contribution in [3.63, 3.8) is 0 Å². The zero-order chi connectivity index (χ0) is 18.2. The van der Waals surface area contributed by atoms with Crippen LogP contribution in [-0.2, 0) is 4.79 Å². The van der Waals surface area contributed by atoms with Gasteiger partial charge >= 0.3 is 0 Å². The molecule has 25 heavy (non-hydrogen) atoms. The molecule has 0 heterocycles. The molecule has 0 aliphatic carbocycles. The minimum Gasteiger partial charge on any atom is -0.507 e. The fourth-order valence-corrected chi connectivity index (χ4v) is 2.15. The van der Waals surface area contributed by atoms with Crippen LogP contribution in [0.2, 0.25) is 0 Å². The summed E-state index contributed by atoms with van der Waals surface area (Å²) in [6.45, 7) is 4.05. The van der Waals surface area contributed by atoms with Crippen LogP contribution in [0.1, 0.15) is 25.8 Å². The third kappa shape index (κ3) is 5.24. The first-order valence-corrected chi connectivity index (χ1v) is 7.99. The van der Waals surface area contributed by atoms with E-state index in [9.17, 15) is 9.90 Å². The van der Waals surface area contributed by atoms with Gasteiger partial charge in [-0.05, 0) is 36.8 Å². The molecule has 0 bridgehead atoms. The number of hydrogen-bond donors (Lipinski definition) is 2. The number of aromatic hydroxyl groups is 1. The maximum absolute atomic E-state index is 11.2. The highest BCUT2D eigenvalue weighted by molar-refractivity contribution is 5.90. The molecule has 0 radical (unpaired) electrons. The highest BCUT2D eigenvalue weighted by atomic mass is 16.5. The van der Waals surface area contributed by atoms with Crippen molar-refractivity contribution in [3.05, 3.63) is 42.0 Å². The number of rotatable bonds is 7. The van der Waals surface area contributed by atoms with E-state index in [-0.39, 0.29) is 11.7 Å². The Morgan fingerprint density at radius 2 is 2.08 bits per heavy atom. The number of aliphatic imine (C=N–C) groups is 1. The van der Waals surface area contributed by atoms with Gasteiger partial charge in [0, 0.05) is 30.5 Å². The number of phenols is 1. The molecule has 2 N–H and O–H groups in total. The Morgan fingerprint density at radius 3 is 2.72 bits per heavy atom. The zero-order valence-corrected chi connectivity index (χ0v) is 14.6. The number of carbonyl (C=O) groups is 1. The van der Waals surface area contributed by atoms with E-state index in [2.05, 4.69) is 10.3 Å². The van der Waals surface area contributed by atoms with Gasteiger partial charge in [-0.2, -0.15) is 0 Å². The Hall–Kier alpha value is -3.02. The fourth-order valence-electron chi connectivity index (χ4n) is 2.15. The molecule has 0 saturated carbocycles. The summed E-state index contributed by atoms with van der Waals surface area (Å²) in [7, 11) is 1.55. The lowest BCUT2D eigenvalue weighted by molar-refractivity contribution is -0.114. The molecule has 6 heteroatoms. The second-order valence-corrected chi connectivity index (χ2v) is 5.40. The molecular weight excluding hydrogens is 320 g/mol. The summed E-state index contributed by atoms with van der Waals surface area (Å²) < 4.78 is 10.8. The quantitative estimate of drug-likeness (QED) is 0.748. The van der Waals surface area contributed by atoms with Crippen molar-refractivity contribution >= 4 is 23.5 Å². The zero-order valence-electron chi connectivity index (χ0n) is 14.6. The van der Waals surface area contributed by atoms with E-state index in [0.29, 0.717) is 35.0 Å². The maximum Gasteiger partial charge on any atom is 0.221 e. The van der Waals surface area contributed by atoms with Crippen molar-refractivity contribution in [3.8, 4) is 17.2 Å². The van der Waals surface area contributed by atoms with Gasteiger partial charge in [-0.15, -0.1) is 0 Å². The third-order valence-electron chi connectivity index (χ3n) is 3.32. The van der Waals surface area contributed by atoms with Gasteiger partial charge in [0.15, 0.2) is 0 Å². The van der Waals surface area contributed by atoms with E-state index >= 15 is 0 Å². The number of nitrogens with one attached hydrogen (secondary N) is 1. The van der Waals surface area contributed by atoms with Crippen LogP contribution < -0.4 is 14.8 Å². The number of nitrogens with zero attached hydrogens (tertiary/aromatic N) is 1. The number of methoxy groups -OCH3 is 1. The van der Waals surface area contributed by atoms with E-state index in [4.69, 9.17) is 9.47 Å². The van der Waals surface area contributed by atoms with E-state index in [1.54, 1.807) is 43.5 Å². The van der Waals surface area contributed by atoms with Gasteiger partial charge in [0.25, 0.3) is 0 Å². The second kappa shape index (κ2) is 8.73. The lowest BCUT2D eigenvalue weighted by atomic mass is 10.2. The van der Waals surface area contributed by atoms with Crippen LogP contribution in [0.25, 0.3) is 0 Å². The minimum atomic E-state index is -0.166. The molecule has 0 atom stereocenters. The van der Waals surface area contributed by atoms with Gasteiger partial charge in [0.1, 0.15) is 22.9 Å². The van der Waals surface area contributed by atoms with Crippen LogP contribution in [0.3, 0.4) is 0 Å². The smallest absolute Gasteiger partial charge is 0.221 e. The molecule has 6 nitrogen and oxygen atoms in total. The highest BCUT2D eigenvalue weighted by Crippen LogP contribution is 2.31. The Morgan fingerprint density at radius 1 is 1.28 bits per heavy atom. The summed E-state index contributed by atoms with van der Waals surface area (Å²) in [5.74, 6) is 1.09. The largest absolute Gasteiger partial charge is 0.507 e. The average molecular weight is 342 g/mol. The predicted molar refractivity (Wildman–Crippen MR) is 98.4 cm³/mol. The molecule has 0 aliphatic rings. The highest BCUT2D eigenvalue weighted by Gasteiger charge is 2.06. The van der Waals surface area contributed by atoms with Gasteiger partial charge < -0.3 is 19.9 Å². The monoisotopic (exact) mass is 342 g/mol. The van der Waals surface area contributed by atoms with Crippen LogP contribution in [0, 0.1) is 0 Å². The van der Waals surface area contributed by atoms with Crippen LogP contribution in [0.4, 0.5) is 11.4 Å². The number of hydrogen-bond acceptors (Lipinski definition) is 5. The first kappa shape index (κ1) is 18.3. The number of anilines is 1. The first-order valence-electron chi connectivity index (χ1n) is 7.99. The molecule has 0 saturated heterocycles. The number of carbonyl (C=O) groups excluding carboxylic acids is 1. The van der Waals surface area contributed by atoms with Gasteiger partial charge in [0.2, 0.25) is 5.91 Å². The van der Waals surface area contributed by atoms with Crippen molar-refractivity contribution in [1.29, 1.82) is 0 Å². The van der Waals surface area contributed by atoms with Crippen molar-refractivity contribution in [2.45, 2.75) is 20.3 Å². The molecule has 132 valence electrons. The molecule has 0 aliphatic heterocycles. The molecular formula is C19H22N2O4. The number of ether oxygens (including phenoxy) is 2. The van der Waals surface area contributed by atoms with Crippen LogP contribution in [-0.4, -0.2) is 30.9 Å². The Labute approximate surface area is 147 Å². The Kier molecular flexibility index (Phi) is 6.39. The predicted octanol–water partition coefficient (Wildman–Crippen LogP) is 3.90. The molecule has 0 spiro atoms. The van der Waals surface area contributed by atoms with E-state index in [1.807, 2.05) is 6.92 Å². The maximum atomic E-state index is 11.2. The molecule has 2 rings (SSSR count). The molecule has 2 aromatic carbocycles. The Bertz CT molecular complexity index is 772. The molecule has 0 unspecified atom stereocenters. The summed E-state index contributed by atoms with van der Waals surface area (Å²) in [6.07, 6.45) is 2.43. The summed E-state index contributed by atoms with van der Waals surface area (Å²) in [6, 6.07) is 10.2. The second-order valence-electron chi connectivity index (χ2n) is 5.40. The SMILES string of the molecule is CCCOc1ccc(C=Nc2cc(NC(C)=O)ccc2OC)c(O)c1. The topological polar surface area (TPSA) is 80.2 Å². The number of benzene rings is 2. The minimum absolute atomic E-state index is 0.0781. The van der Waals surface area contributed by atoms with E-state index in [0.717, 1.165) is 6.42 Å². The third-order valence-corrected chi connectivity index (χ3v) is 3.32. The Balaban J connectivity index is 2.24. The van der Waals surface area contributed by atoms with E-state index in [1.165, 1.54) is 13.1 Å². The van der Waals surface area contributed by atoms with Crippen molar-refractivity contribution in [2.75, 3.05) is 19.0 Å². The van der Waals surface area contributed by atoms with Gasteiger partial charge in [-0.25, -0.2) is 0 Å². The van der Waals surface area contributed by atoms with Crippen LogP contribution in [0.15, 0.2) is 41.4 Å². The lowest BCUT2D eigenvalue weighted by Gasteiger charge is -2.08. The van der Waals surface area contributed by atoms with Crippen molar-refractivity contribution in [2.24, 2.45) is 4.99 Å². The summed E-state index contributed by atoms with van der Waals surface area (Å²) in [5.41, 5.74) is 1.71.